The van der Waals surface area contributed by atoms with Crippen LogP contribution in [0.1, 0.15) is 16.1 Å². The Kier molecular flexibility index (Phi) is 5.17. The molecule has 3 nitrogen and oxygen atoms in total. The lowest BCUT2D eigenvalue weighted by molar-refractivity contribution is 0.102. The minimum Gasteiger partial charge on any atom is -0.468 e. The second-order valence-electron chi connectivity index (χ2n) is 4.93. The molecule has 2 aromatic carbocycles. The summed E-state index contributed by atoms with van der Waals surface area (Å²) in [7, 11) is 0. The molecule has 0 aliphatic rings. The Balaban J connectivity index is 1.53. The number of benzene rings is 2. The minimum atomic E-state index is 0.104. The first-order valence-electron chi connectivity index (χ1n) is 7.27. The molecule has 116 valence electrons. The largest absolute Gasteiger partial charge is 0.468 e. The molecular weight excluding hydrogens is 308 g/mol. The van der Waals surface area contributed by atoms with Gasteiger partial charge in [0.1, 0.15) is 17.3 Å². The van der Waals surface area contributed by atoms with Crippen molar-refractivity contribution in [2.75, 3.05) is 5.75 Å². The Bertz CT molecular complexity index is 734. The molecule has 0 N–H and O–H groups in total. The van der Waals surface area contributed by atoms with Crippen molar-refractivity contribution in [2.45, 2.75) is 5.75 Å². The maximum Gasteiger partial charge on any atom is 0.172 e. The van der Waals surface area contributed by atoms with E-state index in [1.807, 2.05) is 54.6 Å². The number of hydrogen-bond donors (Lipinski definition) is 0. The number of ether oxygens (including phenoxy) is 1. The molecule has 0 atom stereocenters. The van der Waals surface area contributed by atoms with Crippen molar-refractivity contribution in [1.82, 2.24) is 0 Å². The molecule has 4 heteroatoms. The maximum atomic E-state index is 12.2. The van der Waals surface area contributed by atoms with Crippen LogP contribution in [0.3, 0.4) is 0 Å². The zero-order valence-electron chi connectivity index (χ0n) is 12.5. The molecule has 3 aromatic rings. The van der Waals surface area contributed by atoms with Gasteiger partial charge in [-0.15, -0.1) is 11.8 Å². The summed E-state index contributed by atoms with van der Waals surface area (Å²) in [5.41, 5.74) is 0.692. The van der Waals surface area contributed by atoms with Gasteiger partial charge < -0.3 is 9.15 Å². The summed E-state index contributed by atoms with van der Waals surface area (Å²) >= 11 is 1.55. The second kappa shape index (κ2) is 7.70. The van der Waals surface area contributed by atoms with Crippen LogP contribution < -0.4 is 4.74 Å². The molecule has 0 radical (unpaired) electrons. The average molecular weight is 324 g/mol. The SMILES string of the molecule is O=C(CSCc1ccco1)c1ccc(Oc2ccccc2)cc1. The van der Waals surface area contributed by atoms with Crippen LogP contribution in [0.15, 0.2) is 77.4 Å². The zero-order chi connectivity index (χ0) is 15.9. The lowest BCUT2D eigenvalue weighted by Crippen LogP contribution is -2.02. The van der Waals surface area contributed by atoms with Crippen LogP contribution in [0.4, 0.5) is 0 Å². The molecule has 0 aliphatic carbocycles. The van der Waals surface area contributed by atoms with Crippen LogP contribution in [0.5, 0.6) is 11.5 Å². The van der Waals surface area contributed by atoms with Crippen molar-refractivity contribution < 1.29 is 13.9 Å². The van der Waals surface area contributed by atoms with Crippen molar-refractivity contribution in [3.8, 4) is 11.5 Å². The summed E-state index contributed by atoms with van der Waals surface area (Å²) < 4.78 is 11.0. The predicted molar refractivity (Wildman–Crippen MR) is 92.2 cm³/mol. The van der Waals surface area contributed by atoms with Crippen LogP contribution in [0.2, 0.25) is 0 Å². The van der Waals surface area contributed by atoms with E-state index >= 15 is 0 Å². The van der Waals surface area contributed by atoms with Gasteiger partial charge in [-0.25, -0.2) is 0 Å². The van der Waals surface area contributed by atoms with Gasteiger partial charge in [0.25, 0.3) is 0 Å². The molecule has 1 aromatic heterocycles. The second-order valence-corrected chi connectivity index (χ2v) is 5.92. The lowest BCUT2D eigenvalue weighted by atomic mass is 10.1. The van der Waals surface area contributed by atoms with Gasteiger partial charge in [-0.1, -0.05) is 18.2 Å². The van der Waals surface area contributed by atoms with Crippen molar-refractivity contribution in [3.05, 3.63) is 84.3 Å². The Morgan fingerprint density at radius 3 is 2.35 bits per heavy atom. The third kappa shape index (κ3) is 4.50. The average Bonchev–Trinajstić information content (AvgIpc) is 3.10. The molecule has 0 bridgehead atoms. The Labute approximate surface area is 139 Å². The van der Waals surface area contributed by atoms with E-state index in [-0.39, 0.29) is 5.78 Å². The number of rotatable bonds is 7. The van der Waals surface area contributed by atoms with E-state index in [1.165, 1.54) is 0 Å². The Morgan fingerprint density at radius 2 is 1.65 bits per heavy atom. The zero-order valence-corrected chi connectivity index (χ0v) is 13.3. The van der Waals surface area contributed by atoms with Gasteiger partial charge in [0.2, 0.25) is 0 Å². The van der Waals surface area contributed by atoms with E-state index in [2.05, 4.69) is 0 Å². The molecule has 0 unspecified atom stereocenters. The maximum absolute atomic E-state index is 12.2. The topological polar surface area (TPSA) is 39.4 Å². The Morgan fingerprint density at radius 1 is 0.913 bits per heavy atom. The molecule has 0 amide bonds. The third-order valence-electron chi connectivity index (χ3n) is 3.21. The Hall–Kier alpha value is -2.46. The van der Waals surface area contributed by atoms with Gasteiger partial charge in [0, 0.05) is 5.56 Å². The minimum absolute atomic E-state index is 0.104. The summed E-state index contributed by atoms with van der Waals surface area (Å²) in [5.74, 6) is 3.62. The van der Waals surface area contributed by atoms with Gasteiger partial charge >= 0.3 is 0 Å². The molecule has 0 saturated heterocycles. The summed E-state index contributed by atoms with van der Waals surface area (Å²) in [6, 6.07) is 20.6. The van der Waals surface area contributed by atoms with Crippen molar-refractivity contribution in [1.29, 1.82) is 0 Å². The van der Waals surface area contributed by atoms with Gasteiger partial charge in [0.15, 0.2) is 5.78 Å². The smallest absolute Gasteiger partial charge is 0.172 e. The predicted octanol–water partition coefficient (Wildman–Crippen LogP) is 5.19. The lowest BCUT2D eigenvalue weighted by Gasteiger charge is -2.06. The molecule has 0 fully saturated rings. The standard InChI is InChI=1S/C19H16O3S/c20-19(14-23-13-18-7-4-12-21-18)15-8-10-17(11-9-15)22-16-5-2-1-3-6-16/h1-12H,13-14H2. The van der Waals surface area contributed by atoms with Crippen LogP contribution in [0, 0.1) is 0 Å². The number of para-hydroxylation sites is 1. The summed E-state index contributed by atoms with van der Waals surface area (Å²) in [6.07, 6.45) is 1.64. The van der Waals surface area contributed by atoms with Gasteiger partial charge in [-0.05, 0) is 48.5 Å². The number of carbonyl (C=O) groups is 1. The summed E-state index contributed by atoms with van der Waals surface area (Å²) in [5, 5.41) is 0. The quantitative estimate of drug-likeness (QED) is 0.561. The number of furan rings is 1. The molecule has 0 aliphatic heterocycles. The monoisotopic (exact) mass is 324 g/mol. The fourth-order valence-electron chi connectivity index (χ4n) is 2.06. The number of carbonyl (C=O) groups excluding carboxylic acids is 1. The third-order valence-corrected chi connectivity index (χ3v) is 4.17. The molecule has 3 rings (SSSR count). The first-order valence-corrected chi connectivity index (χ1v) is 8.43. The molecule has 23 heavy (non-hydrogen) atoms. The van der Waals surface area contributed by atoms with Crippen molar-refractivity contribution >= 4 is 17.5 Å². The van der Waals surface area contributed by atoms with Gasteiger partial charge in [-0.3, -0.25) is 4.79 Å². The number of thioether (sulfide) groups is 1. The van der Waals surface area contributed by atoms with E-state index < -0.39 is 0 Å². The molecule has 1 heterocycles. The van der Waals surface area contributed by atoms with E-state index in [0.29, 0.717) is 17.1 Å². The van der Waals surface area contributed by atoms with Gasteiger partial charge in [0.05, 0.1) is 17.8 Å². The van der Waals surface area contributed by atoms with Crippen molar-refractivity contribution in [2.24, 2.45) is 0 Å². The van der Waals surface area contributed by atoms with Gasteiger partial charge in [-0.2, -0.15) is 0 Å². The first kappa shape index (κ1) is 15.4. The first-order chi connectivity index (χ1) is 11.3. The highest BCUT2D eigenvalue weighted by molar-refractivity contribution is 7.99. The highest BCUT2D eigenvalue weighted by Crippen LogP contribution is 2.22. The molecule has 0 spiro atoms. The summed E-state index contributed by atoms with van der Waals surface area (Å²) in [4.78, 5) is 12.2. The summed E-state index contributed by atoms with van der Waals surface area (Å²) in [6.45, 7) is 0. The van der Waals surface area contributed by atoms with E-state index in [4.69, 9.17) is 9.15 Å². The highest BCUT2D eigenvalue weighted by Gasteiger charge is 2.07. The van der Waals surface area contributed by atoms with Crippen LogP contribution in [0.25, 0.3) is 0 Å². The molecular formula is C19H16O3S. The van der Waals surface area contributed by atoms with E-state index in [1.54, 1.807) is 30.2 Å². The fraction of sp³-hybridized carbons (Fsp3) is 0.105. The number of hydrogen-bond acceptors (Lipinski definition) is 4. The normalized spacial score (nSPS) is 10.4. The van der Waals surface area contributed by atoms with Crippen molar-refractivity contribution in [3.63, 3.8) is 0 Å². The molecule has 0 saturated carbocycles. The van der Waals surface area contributed by atoms with E-state index in [9.17, 15) is 4.79 Å². The van der Waals surface area contributed by atoms with Crippen LogP contribution in [-0.4, -0.2) is 11.5 Å². The highest BCUT2D eigenvalue weighted by atomic mass is 32.2. The number of Topliss-reactive ketones (excluding diaryl/α,β-unsaturated/α-hetero) is 1. The fourth-order valence-corrected chi connectivity index (χ4v) is 2.88. The number of ketones is 1. The van der Waals surface area contributed by atoms with Crippen LogP contribution >= 0.6 is 11.8 Å². The van der Waals surface area contributed by atoms with E-state index in [0.717, 1.165) is 17.3 Å². The van der Waals surface area contributed by atoms with Crippen LogP contribution in [-0.2, 0) is 5.75 Å².